The van der Waals surface area contributed by atoms with E-state index in [1.807, 2.05) is 24.5 Å². The van der Waals surface area contributed by atoms with E-state index in [9.17, 15) is 4.79 Å². The van der Waals surface area contributed by atoms with Crippen molar-refractivity contribution < 1.29 is 9.90 Å². The highest BCUT2D eigenvalue weighted by Crippen LogP contribution is 2.15. The van der Waals surface area contributed by atoms with Gasteiger partial charge in [-0.05, 0) is 25.0 Å². The molecule has 0 spiro atoms. The molecule has 118 valence electrons. The van der Waals surface area contributed by atoms with Crippen molar-refractivity contribution >= 4 is 17.1 Å². The van der Waals surface area contributed by atoms with E-state index in [0.29, 0.717) is 13.1 Å². The van der Waals surface area contributed by atoms with Crippen molar-refractivity contribution in [2.75, 3.05) is 26.2 Å². The zero-order valence-electron chi connectivity index (χ0n) is 12.6. The molecule has 1 atom stereocenters. The molecule has 6 heteroatoms. The monoisotopic (exact) mass is 302 g/mol. The fraction of sp³-hybridized carbons (Fsp3) is 0.500. The van der Waals surface area contributed by atoms with E-state index < -0.39 is 0 Å². The predicted octanol–water partition coefficient (Wildman–Crippen LogP) is 1.45. The largest absolute Gasteiger partial charge is 0.396 e. The number of aliphatic hydroxyl groups excluding tert-OH is 1. The number of aliphatic hydroxyl groups is 1. The van der Waals surface area contributed by atoms with Crippen molar-refractivity contribution in [3.05, 3.63) is 30.6 Å². The Morgan fingerprint density at radius 1 is 1.41 bits per heavy atom. The van der Waals surface area contributed by atoms with Gasteiger partial charge < -0.3 is 19.9 Å². The van der Waals surface area contributed by atoms with E-state index in [0.717, 1.165) is 37.0 Å². The van der Waals surface area contributed by atoms with Crippen LogP contribution in [0.2, 0.25) is 0 Å². The lowest BCUT2D eigenvalue weighted by atomic mass is 10.1. The summed E-state index contributed by atoms with van der Waals surface area (Å²) < 4.78 is 2.11. The number of amides is 2. The number of aryl methyl sites for hydroxylation is 1. The van der Waals surface area contributed by atoms with Gasteiger partial charge in [0.05, 0.1) is 17.4 Å². The Labute approximate surface area is 129 Å². The number of fused-ring (bicyclic) bond motifs is 1. The topological polar surface area (TPSA) is 70.4 Å². The summed E-state index contributed by atoms with van der Waals surface area (Å²) in [7, 11) is 0. The van der Waals surface area contributed by atoms with Gasteiger partial charge in [0.2, 0.25) is 0 Å². The Morgan fingerprint density at radius 3 is 3.09 bits per heavy atom. The van der Waals surface area contributed by atoms with Gasteiger partial charge in [0.25, 0.3) is 0 Å². The Bertz CT molecular complexity index is 640. The molecule has 1 aliphatic rings. The number of benzene rings is 1. The van der Waals surface area contributed by atoms with Crippen LogP contribution in [0.5, 0.6) is 0 Å². The molecule has 1 aliphatic heterocycles. The number of imidazole rings is 1. The van der Waals surface area contributed by atoms with Crippen LogP contribution in [0.15, 0.2) is 30.6 Å². The normalized spacial score (nSPS) is 18.0. The van der Waals surface area contributed by atoms with Crippen LogP contribution in [0.1, 0.15) is 12.8 Å². The van der Waals surface area contributed by atoms with E-state index in [1.54, 1.807) is 4.90 Å². The number of carbonyl (C=O) groups is 1. The van der Waals surface area contributed by atoms with Gasteiger partial charge in [-0.3, -0.25) is 0 Å². The third-order valence-electron chi connectivity index (χ3n) is 4.21. The van der Waals surface area contributed by atoms with Crippen molar-refractivity contribution in [1.29, 1.82) is 0 Å². The Morgan fingerprint density at radius 2 is 2.27 bits per heavy atom. The average molecular weight is 302 g/mol. The first-order chi connectivity index (χ1) is 10.8. The maximum Gasteiger partial charge on any atom is 0.317 e. The lowest BCUT2D eigenvalue weighted by molar-refractivity contribution is 0.198. The predicted molar refractivity (Wildman–Crippen MR) is 84.5 cm³/mol. The summed E-state index contributed by atoms with van der Waals surface area (Å²) in [5, 5.41) is 12.1. The van der Waals surface area contributed by atoms with Crippen LogP contribution in [0.4, 0.5) is 4.79 Å². The lowest BCUT2D eigenvalue weighted by Gasteiger charge is -2.17. The van der Waals surface area contributed by atoms with Gasteiger partial charge in [-0.2, -0.15) is 0 Å². The molecule has 0 bridgehead atoms. The summed E-state index contributed by atoms with van der Waals surface area (Å²) in [6, 6.07) is 8.02. The molecule has 6 nitrogen and oxygen atoms in total. The minimum absolute atomic E-state index is 0.0218. The maximum atomic E-state index is 12.0. The molecule has 2 heterocycles. The molecule has 2 N–H and O–H groups in total. The van der Waals surface area contributed by atoms with Crippen molar-refractivity contribution in [3.63, 3.8) is 0 Å². The van der Waals surface area contributed by atoms with Crippen LogP contribution < -0.4 is 5.32 Å². The highest BCUT2D eigenvalue weighted by atomic mass is 16.3. The number of rotatable bonds is 5. The molecule has 1 fully saturated rings. The van der Waals surface area contributed by atoms with E-state index in [-0.39, 0.29) is 18.6 Å². The zero-order chi connectivity index (χ0) is 15.4. The molecule has 1 aromatic heterocycles. The minimum atomic E-state index is -0.0218. The van der Waals surface area contributed by atoms with Crippen LogP contribution in [-0.4, -0.2) is 51.8 Å². The molecule has 2 aromatic rings. The van der Waals surface area contributed by atoms with Crippen LogP contribution in [0.25, 0.3) is 11.0 Å². The lowest BCUT2D eigenvalue weighted by Crippen LogP contribution is -2.39. The van der Waals surface area contributed by atoms with Gasteiger partial charge >= 0.3 is 6.03 Å². The van der Waals surface area contributed by atoms with E-state index >= 15 is 0 Å². The third kappa shape index (κ3) is 3.22. The molecule has 1 unspecified atom stereocenters. The number of aromatic nitrogens is 2. The molecule has 0 aliphatic carbocycles. The molecule has 0 radical (unpaired) electrons. The van der Waals surface area contributed by atoms with Crippen LogP contribution in [0.3, 0.4) is 0 Å². The summed E-state index contributed by atoms with van der Waals surface area (Å²) in [4.78, 5) is 18.1. The zero-order valence-corrected chi connectivity index (χ0v) is 12.6. The number of hydrogen-bond acceptors (Lipinski definition) is 3. The highest BCUT2D eigenvalue weighted by Gasteiger charge is 2.25. The first kappa shape index (κ1) is 14.8. The average Bonchev–Trinajstić information content (AvgIpc) is 3.18. The Kier molecular flexibility index (Phi) is 4.58. The van der Waals surface area contributed by atoms with E-state index in [2.05, 4.69) is 20.9 Å². The molecule has 2 amide bonds. The van der Waals surface area contributed by atoms with Gasteiger partial charge in [0.1, 0.15) is 0 Å². The standard InChI is InChI=1S/C16H22N4O2/c21-11-13-6-9-19(10-13)16(22)17-7-3-8-20-12-18-14-4-1-2-5-15(14)20/h1-2,4-5,12-13,21H,3,6-11H2,(H,17,22). The maximum absolute atomic E-state index is 12.0. The molecule has 1 saturated heterocycles. The van der Waals surface area contributed by atoms with Crippen molar-refractivity contribution in [2.45, 2.75) is 19.4 Å². The fourth-order valence-corrected chi connectivity index (χ4v) is 2.91. The van der Waals surface area contributed by atoms with Gasteiger partial charge in [0, 0.05) is 38.7 Å². The third-order valence-corrected chi connectivity index (χ3v) is 4.21. The first-order valence-electron chi connectivity index (χ1n) is 7.81. The van der Waals surface area contributed by atoms with E-state index in [4.69, 9.17) is 5.11 Å². The van der Waals surface area contributed by atoms with Crippen molar-refractivity contribution in [3.8, 4) is 0 Å². The summed E-state index contributed by atoms with van der Waals surface area (Å²) in [6.45, 7) is 3.04. The SMILES string of the molecule is O=C(NCCCn1cnc2ccccc21)N1CCC(CO)C1. The molecular formula is C16H22N4O2. The fourth-order valence-electron chi connectivity index (χ4n) is 2.91. The number of urea groups is 1. The first-order valence-corrected chi connectivity index (χ1v) is 7.81. The minimum Gasteiger partial charge on any atom is -0.396 e. The number of likely N-dealkylation sites (tertiary alicyclic amines) is 1. The van der Waals surface area contributed by atoms with Crippen LogP contribution in [-0.2, 0) is 6.54 Å². The highest BCUT2D eigenvalue weighted by molar-refractivity contribution is 5.75. The van der Waals surface area contributed by atoms with Crippen LogP contribution >= 0.6 is 0 Å². The molecule has 0 saturated carbocycles. The number of hydrogen-bond donors (Lipinski definition) is 2. The van der Waals surface area contributed by atoms with Crippen molar-refractivity contribution in [1.82, 2.24) is 19.8 Å². The summed E-state index contributed by atoms with van der Waals surface area (Å²) in [5.74, 6) is 0.239. The summed E-state index contributed by atoms with van der Waals surface area (Å²) in [5.41, 5.74) is 2.12. The second-order valence-corrected chi connectivity index (χ2v) is 5.80. The summed E-state index contributed by atoms with van der Waals surface area (Å²) >= 11 is 0. The summed E-state index contributed by atoms with van der Waals surface area (Å²) in [6.07, 6.45) is 3.60. The van der Waals surface area contributed by atoms with Gasteiger partial charge in [-0.1, -0.05) is 12.1 Å². The van der Waals surface area contributed by atoms with E-state index in [1.165, 1.54) is 0 Å². The second kappa shape index (κ2) is 6.79. The quantitative estimate of drug-likeness (QED) is 0.821. The number of nitrogens with one attached hydrogen (secondary N) is 1. The molecule has 1 aromatic carbocycles. The van der Waals surface area contributed by atoms with Gasteiger partial charge in [0.15, 0.2) is 0 Å². The number of para-hydroxylation sites is 2. The van der Waals surface area contributed by atoms with Crippen molar-refractivity contribution in [2.24, 2.45) is 5.92 Å². The Hall–Kier alpha value is -2.08. The smallest absolute Gasteiger partial charge is 0.317 e. The molecule has 22 heavy (non-hydrogen) atoms. The van der Waals surface area contributed by atoms with Gasteiger partial charge in [-0.15, -0.1) is 0 Å². The van der Waals surface area contributed by atoms with Crippen LogP contribution in [0, 0.1) is 5.92 Å². The Balaban J connectivity index is 1.43. The number of carbonyl (C=O) groups excluding carboxylic acids is 1. The second-order valence-electron chi connectivity index (χ2n) is 5.80. The number of nitrogens with zero attached hydrogens (tertiary/aromatic N) is 3. The molecular weight excluding hydrogens is 280 g/mol. The van der Waals surface area contributed by atoms with Gasteiger partial charge in [-0.25, -0.2) is 9.78 Å². The molecule has 3 rings (SSSR count).